The number of hydrogen-bond donors (Lipinski definition) is 1. The Balaban J connectivity index is 1.53. The van der Waals surface area contributed by atoms with Gasteiger partial charge in [-0.2, -0.15) is 0 Å². The van der Waals surface area contributed by atoms with E-state index >= 15 is 0 Å². The summed E-state index contributed by atoms with van der Waals surface area (Å²) < 4.78 is 5.75. The van der Waals surface area contributed by atoms with Crippen molar-refractivity contribution in [3.8, 4) is 11.3 Å². The molecule has 1 saturated heterocycles. The van der Waals surface area contributed by atoms with Crippen LogP contribution >= 0.6 is 34.8 Å². The van der Waals surface area contributed by atoms with E-state index in [4.69, 9.17) is 39.2 Å². The molecule has 3 aromatic rings. The Kier molecular flexibility index (Phi) is 6.65. The number of anilines is 2. The van der Waals surface area contributed by atoms with Crippen LogP contribution in [0.3, 0.4) is 0 Å². The van der Waals surface area contributed by atoms with Crippen LogP contribution in [0.25, 0.3) is 11.3 Å². The first-order valence-corrected chi connectivity index (χ1v) is 11.1. The van der Waals surface area contributed by atoms with Crippen LogP contribution < -0.4 is 10.2 Å². The third-order valence-electron chi connectivity index (χ3n) is 5.31. The molecule has 6 nitrogen and oxygen atoms in total. The lowest BCUT2D eigenvalue weighted by Gasteiger charge is -2.36. The smallest absolute Gasteiger partial charge is 0.291 e. The summed E-state index contributed by atoms with van der Waals surface area (Å²) in [5.74, 6) is 0.300. The highest BCUT2D eigenvalue weighted by Gasteiger charge is 2.24. The SMILES string of the molecule is CC(=O)N1CCN(c2c(Cl)cccc2NC(=O)c2ccc(-c3ccc(Cl)c(Cl)c3)o2)CC1. The molecule has 2 amide bonds. The van der Waals surface area contributed by atoms with Crippen molar-refractivity contribution in [1.29, 1.82) is 0 Å². The summed E-state index contributed by atoms with van der Waals surface area (Å²) in [6.07, 6.45) is 0. The van der Waals surface area contributed by atoms with Crippen molar-refractivity contribution >= 4 is 58.0 Å². The van der Waals surface area contributed by atoms with Gasteiger partial charge in [0.2, 0.25) is 5.91 Å². The molecule has 0 bridgehead atoms. The van der Waals surface area contributed by atoms with Gasteiger partial charge in [0.1, 0.15) is 5.76 Å². The Morgan fingerprint density at radius 3 is 2.34 bits per heavy atom. The molecule has 0 saturated carbocycles. The normalized spacial score (nSPS) is 13.9. The first-order valence-electron chi connectivity index (χ1n) is 9.99. The highest BCUT2D eigenvalue weighted by molar-refractivity contribution is 6.42. The van der Waals surface area contributed by atoms with Crippen LogP contribution in [0.4, 0.5) is 11.4 Å². The van der Waals surface area contributed by atoms with Gasteiger partial charge >= 0.3 is 0 Å². The number of halogens is 3. The third kappa shape index (κ3) is 4.72. The van der Waals surface area contributed by atoms with Gasteiger partial charge in [-0.1, -0.05) is 40.9 Å². The Hall–Kier alpha value is -2.67. The Morgan fingerprint density at radius 1 is 0.906 bits per heavy atom. The summed E-state index contributed by atoms with van der Waals surface area (Å²) in [4.78, 5) is 28.4. The molecule has 1 fully saturated rings. The molecule has 9 heteroatoms. The fourth-order valence-electron chi connectivity index (χ4n) is 3.63. The number of furan rings is 1. The second-order valence-electron chi connectivity index (χ2n) is 7.38. The van der Waals surface area contributed by atoms with Crippen molar-refractivity contribution in [2.75, 3.05) is 36.4 Å². The average Bonchev–Trinajstić information content (AvgIpc) is 3.26. The van der Waals surface area contributed by atoms with Crippen molar-refractivity contribution < 1.29 is 14.0 Å². The largest absolute Gasteiger partial charge is 0.451 e. The number of carbonyl (C=O) groups is 2. The fraction of sp³-hybridized carbons (Fsp3) is 0.217. The van der Waals surface area contributed by atoms with E-state index < -0.39 is 5.91 Å². The van der Waals surface area contributed by atoms with Gasteiger partial charge < -0.3 is 19.5 Å². The summed E-state index contributed by atoms with van der Waals surface area (Å²) in [6, 6.07) is 13.8. The van der Waals surface area contributed by atoms with Crippen LogP contribution in [0.2, 0.25) is 15.1 Å². The number of benzene rings is 2. The molecule has 166 valence electrons. The lowest BCUT2D eigenvalue weighted by atomic mass is 10.2. The zero-order chi connectivity index (χ0) is 22.8. The molecule has 1 aromatic heterocycles. The van der Waals surface area contributed by atoms with Crippen LogP contribution in [0.15, 0.2) is 52.9 Å². The van der Waals surface area contributed by atoms with Crippen molar-refractivity contribution in [2.24, 2.45) is 0 Å². The molecule has 0 unspecified atom stereocenters. The van der Waals surface area contributed by atoms with E-state index in [2.05, 4.69) is 10.2 Å². The van der Waals surface area contributed by atoms with Crippen LogP contribution in [0, 0.1) is 0 Å². The van der Waals surface area contributed by atoms with Gasteiger partial charge in [0.15, 0.2) is 5.76 Å². The van der Waals surface area contributed by atoms with Crippen LogP contribution in [0.1, 0.15) is 17.5 Å². The van der Waals surface area contributed by atoms with E-state index in [9.17, 15) is 9.59 Å². The second kappa shape index (κ2) is 9.45. The Morgan fingerprint density at radius 2 is 1.66 bits per heavy atom. The number of piperazine rings is 1. The quantitative estimate of drug-likeness (QED) is 0.498. The molecular formula is C23H20Cl3N3O3. The van der Waals surface area contributed by atoms with E-state index in [1.807, 2.05) is 0 Å². The van der Waals surface area contributed by atoms with Gasteiger partial charge in [0.05, 0.1) is 26.4 Å². The zero-order valence-corrected chi connectivity index (χ0v) is 19.5. The maximum absolute atomic E-state index is 12.9. The molecule has 0 atom stereocenters. The molecule has 4 rings (SSSR count). The van der Waals surface area contributed by atoms with Gasteiger partial charge in [-0.25, -0.2) is 0 Å². The van der Waals surface area contributed by atoms with Gasteiger partial charge in [-0.3, -0.25) is 9.59 Å². The van der Waals surface area contributed by atoms with E-state index in [0.29, 0.717) is 58.3 Å². The maximum atomic E-state index is 12.9. The molecule has 0 aliphatic carbocycles. The van der Waals surface area contributed by atoms with E-state index in [-0.39, 0.29) is 11.7 Å². The third-order valence-corrected chi connectivity index (χ3v) is 6.35. The van der Waals surface area contributed by atoms with E-state index in [1.54, 1.807) is 60.4 Å². The number of para-hydroxylation sites is 1. The number of hydrogen-bond acceptors (Lipinski definition) is 4. The van der Waals surface area contributed by atoms with Crippen molar-refractivity contribution in [2.45, 2.75) is 6.92 Å². The number of carbonyl (C=O) groups excluding carboxylic acids is 2. The van der Waals surface area contributed by atoms with Crippen molar-refractivity contribution in [3.05, 3.63) is 69.4 Å². The first kappa shape index (κ1) is 22.5. The molecular weight excluding hydrogens is 473 g/mol. The standard InChI is InChI=1S/C23H20Cl3N3O3/c1-14(30)28-9-11-29(12-10-28)22-17(25)3-2-4-19(22)27-23(31)21-8-7-20(32-21)15-5-6-16(24)18(26)13-15/h2-8,13H,9-12H2,1H3,(H,27,31). The molecule has 2 aromatic carbocycles. The molecule has 1 N–H and O–H groups in total. The van der Waals surface area contributed by atoms with Gasteiger partial charge in [-0.15, -0.1) is 0 Å². The van der Waals surface area contributed by atoms with Gasteiger partial charge in [0, 0.05) is 38.7 Å². The number of rotatable bonds is 4. The lowest BCUT2D eigenvalue weighted by molar-refractivity contribution is -0.129. The summed E-state index contributed by atoms with van der Waals surface area (Å²) in [5.41, 5.74) is 2.01. The number of nitrogens with one attached hydrogen (secondary N) is 1. The summed E-state index contributed by atoms with van der Waals surface area (Å²) >= 11 is 18.5. The predicted octanol–water partition coefficient (Wildman–Crippen LogP) is 5.83. The monoisotopic (exact) mass is 491 g/mol. The number of nitrogens with zero attached hydrogens (tertiary/aromatic N) is 2. The van der Waals surface area contributed by atoms with Crippen molar-refractivity contribution in [1.82, 2.24) is 4.90 Å². The summed E-state index contributed by atoms with van der Waals surface area (Å²) in [7, 11) is 0. The molecule has 1 aliphatic heterocycles. The minimum atomic E-state index is -0.401. The Labute approximate surface area is 200 Å². The summed E-state index contributed by atoms with van der Waals surface area (Å²) in [6.45, 7) is 3.99. The molecule has 2 heterocycles. The minimum absolute atomic E-state index is 0.0490. The zero-order valence-electron chi connectivity index (χ0n) is 17.2. The predicted molar refractivity (Wildman–Crippen MR) is 128 cm³/mol. The minimum Gasteiger partial charge on any atom is -0.451 e. The topological polar surface area (TPSA) is 65.8 Å². The molecule has 32 heavy (non-hydrogen) atoms. The van der Waals surface area contributed by atoms with Gasteiger partial charge in [0.25, 0.3) is 5.91 Å². The maximum Gasteiger partial charge on any atom is 0.291 e. The lowest BCUT2D eigenvalue weighted by Crippen LogP contribution is -2.48. The Bertz CT molecular complexity index is 1170. The van der Waals surface area contributed by atoms with Crippen LogP contribution in [-0.4, -0.2) is 42.9 Å². The molecule has 1 aliphatic rings. The first-order chi connectivity index (χ1) is 15.3. The highest BCUT2D eigenvalue weighted by Crippen LogP contribution is 2.35. The molecule has 0 spiro atoms. The highest BCUT2D eigenvalue weighted by atomic mass is 35.5. The van der Waals surface area contributed by atoms with Gasteiger partial charge in [-0.05, 0) is 42.5 Å². The summed E-state index contributed by atoms with van der Waals surface area (Å²) in [5, 5.41) is 4.27. The number of amides is 2. The fourth-order valence-corrected chi connectivity index (χ4v) is 4.22. The average molecular weight is 493 g/mol. The van der Waals surface area contributed by atoms with Crippen LogP contribution in [0.5, 0.6) is 0 Å². The van der Waals surface area contributed by atoms with Crippen LogP contribution in [-0.2, 0) is 4.79 Å². The van der Waals surface area contributed by atoms with E-state index in [1.165, 1.54) is 0 Å². The van der Waals surface area contributed by atoms with Crippen molar-refractivity contribution in [3.63, 3.8) is 0 Å². The molecule has 0 radical (unpaired) electrons. The van der Waals surface area contributed by atoms with E-state index in [0.717, 1.165) is 5.69 Å². The second-order valence-corrected chi connectivity index (χ2v) is 8.60.